The minimum Gasteiger partial charge on any atom is -0.347 e. The largest absolute Gasteiger partial charge is 0.347 e. The van der Waals surface area contributed by atoms with Gasteiger partial charge in [-0.15, -0.1) is 0 Å². The summed E-state index contributed by atoms with van der Waals surface area (Å²) in [4.78, 5) is 19.5. The van der Waals surface area contributed by atoms with Crippen molar-refractivity contribution < 1.29 is 4.79 Å². The van der Waals surface area contributed by atoms with Gasteiger partial charge in [-0.05, 0) is 40.3 Å². The molecule has 2 aliphatic rings. The molecule has 1 N–H and O–H groups in total. The van der Waals surface area contributed by atoms with Crippen LogP contribution in [0.15, 0.2) is 67.0 Å². The summed E-state index contributed by atoms with van der Waals surface area (Å²) in [7, 11) is 0. The Labute approximate surface area is 168 Å². The van der Waals surface area contributed by atoms with E-state index in [4.69, 9.17) is 0 Å². The van der Waals surface area contributed by atoms with Crippen molar-refractivity contribution in [2.45, 2.75) is 12.6 Å². The van der Waals surface area contributed by atoms with Gasteiger partial charge in [-0.2, -0.15) is 5.10 Å². The Bertz CT molecular complexity index is 1210. The number of hydrogen-bond donors (Lipinski definition) is 1. The van der Waals surface area contributed by atoms with Crippen LogP contribution in [0.3, 0.4) is 0 Å². The summed E-state index contributed by atoms with van der Waals surface area (Å²) < 4.78 is 1.60. The van der Waals surface area contributed by atoms with Gasteiger partial charge in [-0.25, -0.2) is 9.50 Å². The van der Waals surface area contributed by atoms with E-state index in [2.05, 4.69) is 62.8 Å². The molecule has 0 bridgehead atoms. The molecule has 6 nitrogen and oxygen atoms in total. The zero-order valence-corrected chi connectivity index (χ0v) is 15.9. The van der Waals surface area contributed by atoms with Gasteiger partial charge in [0.1, 0.15) is 5.69 Å². The third-order valence-electron chi connectivity index (χ3n) is 6.35. The van der Waals surface area contributed by atoms with E-state index in [1.54, 1.807) is 16.9 Å². The summed E-state index contributed by atoms with van der Waals surface area (Å²) in [5.41, 5.74) is 2.56. The van der Waals surface area contributed by atoms with Gasteiger partial charge in [0.05, 0.1) is 6.20 Å². The molecule has 144 valence electrons. The van der Waals surface area contributed by atoms with E-state index >= 15 is 0 Å². The minimum atomic E-state index is -0.0868. The average Bonchev–Trinajstić information content (AvgIpc) is 3.12. The maximum Gasteiger partial charge on any atom is 0.271 e. The Morgan fingerprint density at radius 2 is 1.86 bits per heavy atom. The topological polar surface area (TPSA) is 62.5 Å². The van der Waals surface area contributed by atoms with E-state index in [1.807, 2.05) is 12.1 Å². The molecule has 2 fully saturated rings. The van der Waals surface area contributed by atoms with Crippen LogP contribution in [-0.2, 0) is 6.54 Å². The highest BCUT2D eigenvalue weighted by Crippen LogP contribution is 2.46. The molecule has 29 heavy (non-hydrogen) atoms. The number of piperidine rings is 1. The number of carbonyl (C=O) groups is 1. The third-order valence-corrected chi connectivity index (χ3v) is 6.35. The van der Waals surface area contributed by atoms with Crippen LogP contribution in [0.4, 0.5) is 0 Å². The monoisotopic (exact) mass is 383 g/mol. The molecule has 1 aliphatic heterocycles. The summed E-state index contributed by atoms with van der Waals surface area (Å²) in [6, 6.07) is 19.0. The smallest absolute Gasteiger partial charge is 0.271 e. The molecular weight excluding hydrogens is 362 g/mol. The van der Waals surface area contributed by atoms with Gasteiger partial charge in [-0.1, -0.05) is 42.5 Å². The van der Waals surface area contributed by atoms with Crippen molar-refractivity contribution in [1.29, 1.82) is 0 Å². The van der Waals surface area contributed by atoms with E-state index in [0.29, 0.717) is 23.2 Å². The third kappa shape index (κ3) is 2.79. The number of amides is 1. The summed E-state index contributed by atoms with van der Waals surface area (Å²) in [5, 5.41) is 10.1. The molecule has 1 amide bonds. The molecule has 2 aromatic heterocycles. The second kappa shape index (κ2) is 6.39. The number of fused-ring (bicyclic) bond motifs is 3. The lowest BCUT2D eigenvalue weighted by atomic mass is 10.0. The van der Waals surface area contributed by atoms with Gasteiger partial charge in [-0.3, -0.25) is 9.69 Å². The number of rotatable bonds is 4. The lowest BCUT2D eigenvalue weighted by Gasteiger charge is -2.20. The molecule has 2 aromatic carbocycles. The van der Waals surface area contributed by atoms with Gasteiger partial charge in [0.25, 0.3) is 5.91 Å². The van der Waals surface area contributed by atoms with E-state index in [0.717, 1.165) is 19.6 Å². The van der Waals surface area contributed by atoms with E-state index in [-0.39, 0.29) is 11.9 Å². The van der Waals surface area contributed by atoms with Crippen molar-refractivity contribution in [3.8, 4) is 0 Å². The molecular formula is C23H21N5O. The average molecular weight is 383 g/mol. The Morgan fingerprint density at radius 3 is 2.76 bits per heavy atom. The summed E-state index contributed by atoms with van der Waals surface area (Å²) in [6.07, 6.45) is 3.27. The normalized spacial score (nSPS) is 23.4. The van der Waals surface area contributed by atoms with Crippen molar-refractivity contribution in [1.82, 2.24) is 24.8 Å². The second-order valence-corrected chi connectivity index (χ2v) is 8.10. The maximum absolute atomic E-state index is 12.7. The van der Waals surface area contributed by atoms with Crippen LogP contribution in [0, 0.1) is 11.8 Å². The number of carbonyl (C=O) groups excluding carboxylic acids is 1. The Morgan fingerprint density at radius 1 is 1.03 bits per heavy atom. The standard InChI is InChI=1S/C23H21N5O/c29-23(20-11-24-21-9-4-10-25-28(20)21)26-22-18-13-27(14-19(18)22)12-16-7-3-6-15-5-1-2-8-17(15)16/h1-11,18-19,22H,12-14H2,(H,26,29)/t18-,19+,22?. The molecule has 6 heteroatoms. The van der Waals surface area contributed by atoms with E-state index in [9.17, 15) is 4.79 Å². The molecule has 0 spiro atoms. The minimum absolute atomic E-state index is 0.0868. The first-order valence-corrected chi connectivity index (χ1v) is 10.1. The zero-order valence-electron chi connectivity index (χ0n) is 15.9. The second-order valence-electron chi connectivity index (χ2n) is 8.10. The number of imidazole rings is 1. The SMILES string of the molecule is O=C(NC1[C@H]2CN(Cc3cccc4ccccc34)C[C@@H]12)c1cnc2cccnn12. The molecule has 0 radical (unpaired) electrons. The lowest BCUT2D eigenvalue weighted by molar-refractivity contribution is 0.0935. The fraction of sp³-hybridized carbons (Fsp3) is 0.261. The summed E-state index contributed by atoms with van der Waals surface area (Å²) >= 11 is 0. The van der Waals surface area contributed by atoms with Crippen LogP contribution in [0.1, 0.15) is 16.1 Å². The van der Waals surface area contributed by atoms with Crippen LogP contribution >= 0.6 is 0 Å². The van der Waals surface area contributed by atoms with Gasteiger partial charge in [0, 0.05) is 31.9 Å². The Balaban J connectivity index is 1.11. The molecule has 1 aliphatic carbocycles. The van der Waals surface area contributed by atoms with Crippen LogP contribution in [0.25, 0.3) is 16.4 Å². The highest BCUT2D eigenvalue weighted by atomic mass is 16.2. The van der Waals surface area contributed by atoms with E-state index in [1.165, 1.54) is 16.3 Å². The van der Waals surface area contributed by atoms with Crippen LogP contribution < -0.4 is 5.32 Å². The van der Waals surface area contributed by atoms with Crippen molar-refractivity contribution in [3.05, 3.63) is 78.2 Å². The fourth-order valence-electron chi connectivity index (χ4n) is 4.84. The van der Waals surface area contributed by atoms with Crippen LogP contribution in [-0.4, -0.2) is 44.5 Å². The van der Waals surface area contributed by atoms with Gasteiger partial charge in [0.15, 0.2) is 5.65 Å². The summed E-state index contributed by atoms with van der Waals surface area (Å²) in [5.74, 6) is 0.998. The molecule has 3 heterocycles. The zero-order chi connectivity index (χ0) is 19.4. The fourth-order valence-corrected chi connectivity index (χ4v) is 4.84. The first-order chi connectivity index (χ1) is 14.3. The number of nitrogens with zero attached hydrogens (tertiary/aromatic N) is 4. The van der Waals surface area contributed by atoms with Crippen molar-refractivity contribution in [2.24, 2.45) is 11.8 Å². The molecule has 1 saturated carbocycles. The predicted octanol–water partition coefficient (Wildman–Crippen LogP) is 2.74. The summed E-state index contributed by atoms with van der Waals surface area (Å²) in [6.45, 7) is 3.03. The molecule has 1 saturated heterocycles. The number of hydrogen-bond acceptors (Lipinski definition) is 4. The van der Waals surface area contributed by atoms with Crippen molar-refractivity contribution >= 4 is 22.3 Å². The van der Waals surface area contributed by atoms with Gasteiger partial charge < -0.3 is 5.32 Å². The van der Waals surface area contributed by atoms with Gasteiger partial charge in [0.2, 0.25) is 0 Å². The quantitative estimate of drug-likeness (QED) is 0.589. The number of nitrogens with one attached hydrogen (secondary N) is 1. The van der Waals surface area contributed by atoms with Crippen molar-refractivity contribution in [3.63, 3.8) is 0 Å². The Kier molecular flexibility index (Phi) is 3.67. The molecule has 3 atom stereocenters. The first kappa shape index (κ1) is 16.7. The lowest BCUT2D eigenvalue weighted by Crippen LogP contribution is -2.35. The highest BCUT2D eigenvalue weighted by Gasteiger charge is 2.56. The number of likely N-dealkylation sites (tertiary alicyclic amines) is 1. The van der Waals surface area contributed by atoms with Crippen molar-refractivity contribution in [2.75, 3.05) is 13.1 Å². The van der Waals surface area contributed by atoms with E-state index < -0.39 is 0 Å². The molecule has 4 aromatic rings. The highest BCUT2D eigenvalue weighted by molar-refractivity contribution is 5.93. The molecule has 1 unspecified atom stereocenters. The Hall–Kier alpha value is -3.25. The maximum atomic E-state index is 12.7. The first-order valence-electron chi connectivity index (χ1n) is 10.1. The number of benzene rings is 2. The molecule has 6 rings (SSSR count). The van der Waals surface area contributed by atoms with Gasteiger partial charge >= 0.3 is 0 Å². The predicted molar refractivity (Wildman–Crippen MR) is 110 cm³/mol. The van der Waals surface area contributed by atoms with Crippen LogP contribution in [0.5, 0.6) is 0 Å². The van der Waals surface area contributed by atoms with Crippen LogP contribution in [0.2, 0.25) is 0 Å². The number of aromatic nitrogens is 3.